The molecule has 0 saturated heterocycles. The lowest BCUT2D eigenvalue weighted by Gasteiger charge is -2.11. The van der Waals surface area contributed by atoms with Crippen molar-refractivity contribution in [2.24, 2.45) is 0 Å². The van der Waals surface area contributed by atoms with Crippen molar-refractivity contribution < 1.29 is 4.79 Å². The van der Waals surface area contributed by atoms with Crippen LogP contribution in [0.2, 0.25) is 5.02 Å². The number of nitrogens with one attached hydrogen (secondary N) is 1. The number of benzene rings is 2. The van der Waals surface area contributed by atoms with Crippen molar-refractivity contribution in [3.05, 3.63) is 83.1 Å². The molecule has 5 heteroatoms. The molecule has 1 amide bonds. The molecule has 0 radical (unpaired) electrons. The van der Waals surface area contributed by atoms with E-state index in [1.165, 1.54) is 5.56 Å². The van der Waals surface area contributed by atoms with Crippen LogP contribution in [0, 0.1) is 0 Å². The lowest BCUT2D eigenvalue weighted by molar-refractivity contribution is -0.121. The van der Waals surface area contributed by atoms with Crippen molar-refractivity contribution in [3.8, 4) is 5.69 Å². The number of halogens is 1. The second-order valence-electron chi connectivity index (χ2n) is 6.06. The molecule has 0 aliphatic carbocycles. The average molecular weight is 354 g/mol. The van der Waals surface area contributed by atoms with Gasteiger partial charge in [0.05, 0.1) is 11.9 Å². The third-order valence-electron chi connectivity index (χ3n) is 4.08. The Bertz CT molecular complexity index is 828. The maximum Gasteiger partial charge on any atom is 0.220 e. The van der Waals surface area contributed by atoms with Crippen LogP contribution in [0.5, 0.6) is 0 Å². The van der Waals surface area contributed by atoms with E-state index < -0.39 is 0 Å². The zero-order chi connectivity index (χ0) is 17.6. The monoisotopic (exact) mass is 353 g/mol. The van der Waals surface area contributed by atoms with E-state index in [2.05, 4.69) is 17.3 Å². The maximum atomic E-state index is 12.2. The average Bonchev–Trinajstić information content (AvgIpc) is 3.10. The summed E-state index contributed by atoms with van der Waals surface area (Å²) in [6.45, 7) is 2.53. The Morgan fingerprint density at radius 3 is 2.60 bits per heavy atom. The molecule has 1 aromatic heterocycles. The Balaban J connectivity index is 1.53. The van der Waals surface area contributed by atoms with E-state index in [-0.39, 0.29) is 11.8 Å². The molecule has 25 heavy (non-hydrogen) atoms. The molecule has 0 bridgehead atoms. The highest BCUT2D eigenvalue weighted by atomic mass is 35.5. The molecule has 1 N–H and O–H groups in total. The van der Waals surface area contributed by atoms with Gasteiger partial charge in [-0.05, 0) is 35.7 Å². The highest BCUT2D eigenvalue weighted by Crippen LogP contribution is 2.18. The molecule has 0 saturated carbocycles. The molecular formula is C20H20ClN3O. The van der Waals surface area contributed by atoms with Crippen LogP contribution in [0.1, 0.15) is 30.4 Å². The molecular weight excluding hydrogens is 334 g/mol. The minimum Gasteiger partial charge on any atom is -0.352 e. The van der Waals surface area contributed by atoms with Gasteiger partial charge in [-0.25, -0.2) is 4.68 Å². The van der Waals surface area contributed by atoms with E-state index in [0.717, 1.165) is 11.3 Å². The van der Waals surface area contributed by atoms with Crippen LogP contribution in [-0.2, 0) is 11.3 Å². The Hall–Kier alpha value is -2.59. The smallest absolute Gasteiger partial charge is 0.220 e. The van der Waals surface area contributed by atoms with Crippen LogP contribution < -0.4 is 5.32 Å². The first-order valence-electron chi connectivity index (χ1n) is 8.23. The first kappa shape index (κ1) is 17.2. The van der Waals surface area contributed by atoms with Gasteiger partial charge in [0.1, 0.15) is 0 Å². The number of amides is 1. The maximum absolute atomic E-state index is 12.2. The largest absolute Gasteiger partial charge is 0.352 e. The summed E-state index contributed by atoms with van der Waals surface area (Å²) in [7, 11) is 0. The summed E-state index contributed by atoms with van der Waals surface area (Å²) in [6.07, 6.45) is 4.13. The summed E-state index contributed by atoms with van der Waals surface area (Å²) < 4.78 is 1.77. The zero-order valence-electron chi connectivity index (χ0n) is 14.0. The molecule has 4 nitrogen and oxygen atoms in total. The molecule has 0 aliphatic rings. The number of aromatic nitrogens is 2. The standard InChI is InChI=1S/C20H20ClN3O/c1-15(17-5-3-2-4-6-17)11-20(25)22-12-16-13-23-24(14-16)19-9-7-18(21)8-10-19/h2-10,13-15H,11-12H2,1H3,(H,22,25). The van der Waals surface area contributed by atoms with Crippen LogP contribution in [0.25, 0.3) is 5.69 Å². The summed E-state index contributed by atoms with van der Waals surface area (Å²) in [5, 5.41) is 7.98. The number of carbonyl (C=O) groups is 1. The van der Waals surface area contributed by atoms with Crippen LogP contribution in [0.4, 0.5) is 0 Å². The predicted molar refractivity (Wildman–Crippen MR) is 99.9 cm³/mol. The van der Waals surface area contributed by atoms with Crippen LogP contribution in [0.3, 0.4) is 0 Å². The fourth-order valence-corrected chi connectivity index (χ4v) is 2.76. The van der Waals surface area contributed by atoms with Crippen LogP contribution in [-0.4, -0.2) is 15.7 Å². The first-order valence-corrected chi connectivity index (χ1v) is 8.61. The van der Waals surface area contributed by atoms with Gasteiger partial charge in [-0.3, -0.25) is 4.79 Å². The molecule has 1 heterocycles. The molecule has 3 rings (SSSR count). The van der Waals surface area contributed by atoms with Gasteiger partial charge in [0.2, 0.25) is 5.91 Å². The Labute approximate surface area is 152 Å². The number of carbonyl (C=O) groups excluding carboxylic acids is 1. The lowest BCUT2D eigenvalue weighted by Crippen LogP contribution is -2.23. The van der Waals surface area contributed by atoms with Gasteiger partial charge >= 0.3 is 0 Å². The van der Waals surface area contributed by atoms with E-state index in [1.54, 1.807) is 10.9 Å². The Kier molecular flexibility index (Phi) is 5.51. The number of nitrogens with zero attached hydrogens (tertiary/aromatic N) is 2. The van der Waals surface area contributed by atoms with E-state index in [4.69, 9.17) is 11.6 Å². The quantitative estimate of drug-likeness (QED) is 0.716. The Morgan fingerprint density at radius 1 is 1.16 bits per heavy atom. The summed E-state index contributed by atoms with van der Waals surface area (Å²) >= 11 is 5.90. The van der Waals surface area contributed by atoms with Crippen molar-refractivity contribution in [1.29, 1.82) is 0 Å². The van der Waals surface area contributed by atoms with Gasteiger partial charge < -0.3 is 5.32 Å². The van der Waals surface area contributed by atoms with Gasteiger partial charge in [-0.2, -0.15) is 5.10 Å². The van der Waals surface area contributed by atoms with Crippen molar-refractivity contribution in [2.75, 3.05) is 0 Å². The van der Waals surface area contributed by atoms with Crippen molar-refractivity contribution in [2.45, 2.75) is 25.8 Å². The van der Waals surface area contributed by atoms with E-state index in [9.17, 15) is 4.79 Å². The summed E-state index contributed by atoms with van der Waals surface area (Å²) in [4.78, 5) is 12.2. The van der Waals surface area contributed by atoms with Gasteiger partial charge in [0.25, 0.3) is 0 Å². The molecule has 3 aromatic rings. The predicted octanol–water partition coefficient (Wildman–Crippen LogP) is 4.34. The number of hydrogen-bond acceptors (Lipinski definition) is 2. The van der Waals surface area contributed by atoms with Crippen molar-refractivity contribution >= 4 is 17.5 Å². The normalized spacial score (nSPS) is 11.9. The SMILES string of the molecule is CC(CC(=O)NCc1cnn(-c2ccc(Cl)cc2)c1)c1ccccc1. The van der Waals surface area contributed by atoms with E-state index in [1.807, 2.05) is 60.8 Å². The van der Waals surface area contributed by atoms with Crippen LogP contribution >= 0.6 is 11.6 Å². The topological polar surface area (TPSA) is 46.9 Å². The second-order valence-corrected chi connectivity index (χ2v) is 6.50. The van der Waals surface area contributed by atoms with Crippen molar-refractivity contribution in [3.63, 3.8) is 0 Å². The van der Waals surface area contributed by atoms with Gasteiger partial charge in [0.15, 0.2) is 0 Å². The second kappa shape index (κ2) is 7.99. The third-order valence-corrected chi connectivity index (χ3v) is 4.33. The minimum atomic E-state index is 0.0376. The molecule has 0 fully saturated rings. The first-order chi connectivity index (χ1) is 12.1. The third kappa shape index (κ3) is 4.70. The Morgan fingerprint density at radius 2 is 1.88 bits per heavy atom. The highest BCUT2D eigenvalue weighted by Gasteiger charge is 2.11. The molecule has 0 aliphatic heterocycles. The summed E-state index contributed by atoms with van der Waals surface area (Å²) in [5.74, 6) is 0.230. The van der Waals surface area contributed by atoms with Crippen LogP contribution in [0.15, 0.2) is 67.0 Å². The van der Waals surface area contributed by atoms with Gasteiger partial charge in [-0.15, -0.1) is 0 Å². The molecule has 2 aromatic carbocycles. The van der Waals surface area contributed by atoms with Crippen molar-refractivity contribution in [1.82, 2.24) is 15.1 Å². The summed E-state index contributed by atoms with van der Waals surface area (Å²) in [5.41, 5.74) is 3.06. The molecule has 0 spiro atoms. The fraction of sp³-hybridized carbons (Fsp3) is 0.200. The van der Waals surface area contributed by atoms with E-state index in [0.29, 0.717) is 18.0 Å². The highest BCUT2D eigenvalue weighted by molar-refractivity contribution is 6.30. The summed E-state index contributed by atoms with van der Waals surface area (Å²) in [6, 6.07) is 17.5. The lowest BCUT2D eigenvalue weighted by atomic mass is 9.97. The van der Waals surface area contributed by atoms with Gasteiger partial charge in [0, 0.05) is 29.7 Å². The van der Waals surface area contributed by atoms with Gasteiger partial charge in [-0.1, -0.05) is 48.9 Å². The zero-order valence-corrected chi connectivity index (χ0v) is 14.8. The molecule has 128 valence electrons. The minimum absolute atomic E-state index is 0.0376. The molecule has 1 unspecified atom stereocenters. The van der Waals surface area contributed by atoms with E-state index >= 15 is 0 Å². The molecule has 1 atom stereocenters. The number of rotatable bonds is 6. The fourth-order valence-electron chi connectivity index (χ4n) is 2.64. The number of hydrogen-bond donors (Lipinski definition) is 1.